The van der Waals surface area contributed by atoms with E-state index in [1.54, 1.807) is 0 Å². The van der Waals surface area contributed by atoms with E-state index in [1.807, 2.05) is 0 Å². The summed E-state index contributed by atoms with van der Waals surface area (Å²) in [5, 5.41) is 0. The van der Waals surface area contributed by atoms with Crippen molar-refractivity contribution >= 4 is 5.91 Å². The molecule has 2 rings (SSSR count). The lowest BCUT2D eigenvalue weighted by Crippen LogP contribution is -2.46. The van der Waals surface area contributed by atoms with E-state index < -0.39 is 0 Å². The van der Waals surface area contributed by atoms with Gasteiger partial charge in [0.2, 0.25) is 5.91 Å². The van der Waals surface area contributed by atoms with E-state index in [0.717, 1.165) is 25.3 Å². The normalized spacial score (nSPS) is 28.4. The van der Waals surface area contributed by atoms with Gasteiger partial charge in [0.05, 0.1) is 0 Å². The number of nitrogens with zero attached hydrogens (tertiary/aromatic N) is 1. The zero-order chi connectivity index (χ0) is 13.1. The smallest absolute Gasteiger partial charge is 0.226 e. The van der Waals surface area contributed by atoms with Crippen molar-refractivity contribution in [1.82, 2.24) is 4.90 Å². The fourth-order valence-corrected chi connectivity index (χ4v) is 3.16. The molecule has 3 heteroatoms. The van der Waals surface area contributed by atoms with E-state index in [1.165, 1.54) is 25.7 Å². The summed E-state index contributed by atoms with van der Waals surface area (Å²) in [6, 6.07) is 0.332. The highest BCUT2D eigenvalue weighted by Crippen LogP contribution is 2.34. The van der Waals surface area contributed by atoms with Crippen LogP contribution >= 0.6 is 0 Å². The summed E-state index contributed by atoms with van der Waals surface area (Å²) in [6.07, 6.45) is 7.25. The third kappa shape index (κ3) is 3.25. The lowest BCUT2D eigenvalue weighted by Gasteiger charge is -2.36. The first-order valence-corrected chi connectivity index (χ1v) is 7.64. The van der Waals surface area contributed by atoms with Crippen LogP contribution in [0.3, 0.4) is 0 Å². The summed E-state index contributed by atoms with van der Waals surface area (Å²) < 4.78 is 0. The first-order valence-electron chi connectivity index (χ1n) is 7.64. The first kappa shape index (κ1) is 13.9. The van der Waals surface area contributed by atoms with Gasteiger partial charge in [0.25, 0.3) is 0 Å². The largest absolute Gasteiger partial charge is 0.340 e. The molecule has 0 heterocycles. The van der Waals surface area contributed by atoms with Crippen LogP contribution < -0.4 is 5.73 Å². The van der Waals surface area contributed by atoms with Gasteiger partial charge in [-0.25, -0.2) is 0 Å². The standard InChI is InChI=1S/C15H28N2O/c1-11(2)17(10-12-7-8-12)15(18)14-6-4-3-5-13(14)9-16/h11-14H,3-10,16H2,1-2H3. The molecule has 0 aromatic rings. The Bertz CT molecular complexity index is 282. The number of nitrogens with two attached hydrogens (primary N) is 1. The van der Waals surface area contributed by atoms with Crippen LogP contribution in [0, 0.1) is 17.8 Å². The van der Waals surface area contributed by atoms with Crippen LogP contribution in [-0.2, 0) is 4.79 Å². The first-order chi connectivity index (χ1) is 8.63. The Labute approximate surface area is 111 Å². The molecule has 2 saturated carbocycles. The third-order valence-electron chi connectivity index (χ3n) is 4.59. The molecule has 2 aliphatic rings. The minimum atomic E-state index is 0.199. The summed E-state index contributed by atoms with van der Waals surface area (Å²) in [6.45, 7) is 5.93. The molecular weight excluding hydrogens is 224 g/mol. The molecule has 0 spiro atoms. The van der Waals surface area contributed by atoms with E-state index in [2.05, 4.69) is 18.7 Å². The van der Waals surface area contributed by atoms with Crippen molar-refractivity contribution in [1.29, 1.82) is 0 Å². The molecule has 2 atom stereocenters. The molecule has 0 aromatic heterocycles. The fraction of sp³-hybridized carbons (Fsp3) is 0.933. The van der Waals surface area contributed by atoms with E-state index >= 15 is 0 Å². The summed E-state index contributed by atoms with van der Waals surface area (Å²) in [4.78, 5) is 14.9. The lowest BCUT2D eigenvalue weighted by molar-refractivity contribution is -0.140. The highest BCUT2D eigenvalue weighted by atomic mass is 16.2. The molecule has 3 nitrogen and oxygen atoms in total. The number of hydrogen-bond acceptors (Lipinski definition) is 2. The Morgan fingerprint density at radius 2 is 1.89 bits per heavy atom. The van der Waals surface area contributed by atoms with Crippen LogP contribution in [0.2, 0.25) is 0 Å². The Morgan fingerprint density at radius 3 is 2.44 bits per heavy atom. The van der Waals surface area contributed by atoms with Crippen LogP contribution in [0.25, 0.3) is 0 Å². The van der Waals surface area contributed by atoms with E-state index in [-0.39, 0.29) is 5.92 Å². The Kier molecular flexibility index (Phi) is 4.66. The zero-order valence-corrected chi connectivity index (χ0v) is 11.9. The molecule has 0 aromatic carbocycles. The van der Waals surface area contributed by atoms with Crippen LogP contribution in [0.1, 0.15) is 52.4 Å². The molecule has 2 fully saturated rings. The highest BCUT2D eigenvalue weighted by Gasteiger charge is 2.36. The molecule has 0 aliphatic heterocycles. The minimum absolute atomic E-state index is 0.199. The van der Waals surface area contributed by atoms with Crippen LogP contribution in [0.5, 0.6) is 0 Å². The van der Waals surface area contributed by atoms with Gasteiger partial charge in [-0.2, -0.15) is 0 Å². The van der Waals surface area contributed by atoms with Gasteiger partial charge in [-0.05, 0) is 57.9 Å². The Balaban J connectivity index is 2.00. The summed E-state index contributed by atoms with van der Waals surface area (Å²) in [5.41, 5.74) is 5.85. The molecule has 2 aliphatic carbocycles. The van der Waals surface area contributed by atoms with Gasteiger partial charge >= 0.3 is 0 Å². The second-order valence-corrected chi connectivity index (χ2v) is 6.41. The lowest BCUT2D eigenvalue weighted by atomic mass is 9.78. The second kappa shape index (κ2) is 6.05. The van der Waals surface area contributed by atoms with Crippen LogP contribution in [0.15, 0.2) is 0 Å². The monoisotopic (exact) mass is 252 g/mol. The number of hydrogen-bond donors (Lipinski definition) is 1. The number of rotatable bonds is 5. The van der Waals surface area contributed by atoms with E-state index in [9.17, 15) is 4.79 Å². The molecule has 2 unspecified atom stereocenters. The number of carbonyl (C=O) groups excluding carboxylic acids is 1. The van der Waals surface area contributed by atoms with Gasteiger partial charge in [0.15, 0.2) is 0 Å². The van der Waals surface area contributed by atoms with Gasteiger partial charge in [0.1, 0.15) is 0 Å². The molecular formula is C15H28N2O. The molecule has 2 N–H and O–H groups in total. The number of carbonyl (C=O) groups is 1. The van der Waals surface area contributed by atoms with Gasteiger partial charge in [-0.15, -0.1) is 0 Å². The summed E-state index contributed by atoms with van der Waals surface area (Å²) in [7, 11) is 0. The van der Waals surface area contributed by atoms with Crippen molar-refractivity contribution < 1.29 is 4.79 Å². The SMILES string of the molecule is CC(C)N(CC1CC1)C(=O)C1CCCCC1CN. The Morgan fingerprint density at radius 1 is 1.22 bits per heavy atom. The van der Waals surface area contributed by atoms with Gasteiger partial charge < -0.3 is 10.6 Å². The molecule has 1 amide bonds. The maximum Gasteiger partial charge on any atom is 0.226 e. The summed E-state index contributed by atoms with van der Waals surface area (Å²) in [5.74, 6) is 1.78. The minimum Gasteiger partial charge on any atom is -0.340 e. The molecule has 0 bridgehead atoms. The van der Waals surface area contributed by atoms with Gasteiger partial charge in [-0.3, -0.25) is 4.79 Å². The second-order valence-electron chi connectivity index (χ2n) is 6.41. The molecule has 0 saturated heterocycles. The molecule has 0 radical (unpaired) electrons. The molecule has 18 heavy (non-hydrogen) atoms. The fourth-order valence-electron chi connectivity index (χ4n) is 3.16. The summed E-state index contributed by atoms with van der Waals surface area (Å²) >= 11 is 0. The highest BCUT2D eigenvalue weighted by molar-refractivity contribution is 5.79. The van der Waals surface area contributed by atoms with Crippen LogP contribution in [-0.4, -0.2) is 29.9 Å². The predicted octanol–water partition coefficient (Wildman–Crippen LogP) is 2.40. The zero-order valence-electron chi connectivity index (χ0n) is 11.9. The van der Waals surface area contributed by atoms with Gasteiger partial charge in [-0.1, -0.05) is 12.8 Å². The number of amides is 1. The molecule has 104 valence electrons. The van der Waals surface area contributed by atoms with Crippen molar-refractivity contribution in [3.63, 3.8) is 0 Å². The predicted molar refractivity (Wildman–Crippen MR) is 74.1 cm³/mol. The van der Waals surface area contributed by atoms with Crippen molar-refractivity contribution in [3.05, 3.63) is 0 Å². The van der Waals surface area contributed by atoms with E-state index in [0.29, 0.717) is 24.4 Å². The maximum atomic E-state index is 12.7. The van der Waals surface area contributed by atoms with Gasteiger partial charge in [0, 0.05) is 18.5 Å². The maximum absolute atomic E-state index is 12.7. The van der Waals surface area contributed by atoms with Crippen molar-refractivity contribution in [2.75, 3.05) is 13.1 Å². The van der Waals surface area contributed by atoms with Crippen LogP contribution in [0.4, 0.5) is 0 Å². The average molecular weight is 252 g/mol. The average Bonchev–Trinajstić information content (AvgIpc) is 3.18. The van der Waals surface area contributed by atoms with Crippen molar-refractivity contribution in [2.45, 2.75) is 58.4 Å². The quantitative estimate of drug-likeness (QED) is 0.816. The van der Waals surface area contributed by atoms with Crippen molar-refractivity contribution in [3.8, 4) is 0 Å². The Hall–Kier alpha value is -0.570. The third-order valence-corrected chi connectivity index (χ3v) is 4.59. The topological polar surface area (TPSA) is 46.3 Å². The van der Waals surface area contributed by atoms with E-state index in [4.69, 9.17) is 5.73 Å². The van der Waals surface area contributed by atoms with Crippen molar-refractivity contribution in [2.24, 2.45) is 23.5 Å².